The number of sulfone groups is 1. The Morgan fingerprint density at radius 1 is 1.06 bits per heavy atom. The van der Waals surface area contributed by atoms with Crippen LogP contribution in [0.4, 0.5) is 0 Å². The van der Waals surface area contributed by atoms with Gasteiger partial charge in [0.05, 0.1) is 29.6 Å². The Morgan fingerprint density at radius 2 is 1.74 bits per heavy atom. The van der Waals surface area contributed by atoms with E-state index < -0.39 is 39.3 Å². The van der Waals surface area contributed by atoms with Gasteiger partial charge in [-0.25, -0.2) is 8.42 Å². The lowest BCUT2D eigenvalue weighted by molar-refractivity contribution is -0.122. The summed E-state index contributed by atoms with van der Waals surface area (Å²) in [5.74, 6) is -1.21. The summed E-state index contributed by atoms with van der Waals surface area (Å²) in [6.07, 6.45) is -1.70. The number of rotatable bonds is 7. The lowest BCUT2D eigenvalue weighted by Gasteiger charge is -2.23. The smallest absolute Gasteiger partial charge is 0.248 e. The van der Waals surface area contributed by atoms with E-state index in [0.717, 1.165) is 11.1 Å². The molecule has 1 fully saturated rings. The number of nitrogens with two attached hydrogens (primary N) is 1. The fourth-order valence-electron chi connectivity index (χ4n) is 4.21. The lowest BCUT2D eigenvalue weighted by atomic mass is 9.94. The van der Waals surface area contributed by atoms with Crippen molar-refractivity contribution in [2.24, 2.45) is 11.7 Å². The van der Waals surface area contributed by atoms with Gasteiger partial charge in [0.25, 0.3) is 0 Å². The monoisotopic (exact) mass is 443 g/mol. The van der Waals surface area contributed by atoms with Gasteiger partial charge in [-0.3, -0.25) is 4.79 Å². The quantitative estimate of drug-likeness (QED) is 0.705. The SMILES string of the molecule is CC1=C(C(N)=O)[C@H]2[C@@H](O1)O[C@H](COCc1ccccc1)[C@@H]2S(=O)(=O)c1ccc(C)cc1. The summed E-state index contributed by atoms with van der Waals surface area (Å²) in [6, 6.07) is 16.2. The van der Waals surface area contributed by atoms with Crippen LogP contribution in [0.3, 0.4) is 0 Å². The van der Waals surface area contributed by atoms with Crippen LogP contribution in [0, 0.1) is 12.8 Å². The standard InChI is InChI=1S/C23H25NO6S/c1-14-8-10-17(11-9-14)31(26,27)21-18(13-28-12-16-6-4-3-5-7-16)30-23-20(21)19(22(24)25)15(2)29-23/h3-11,18,20-21,23H,12-13H2,1-2H3,(H2,24,25)/t18-,20-,21+,23+/m1/s1. The highest BCUT2D eigenvalue weighted by Crippen LogP contribution is 2.45. The normalized spacial score (nSPS) is 25.4. The third-order valence-electron chi connectivity index (χ3n) is 5.70. The molecule has 7 nitrogen and oxygen atoms in total. The highest BCUT2D eigenvalue weighted by Gasteiger charge is 2.58. The molecule has 2 aliphatic heterocycles. The van der Waals surface area contributed by atoms with E-state index in [0.29, 0.717) is 12.4 Å². The maximum Gasteiger partial charge on any atom is 0.248 e. The molecule has 2 N–H and O–H groups in total. The van der Waals surface area contributed by atoms with E-state index >= 15 is 0 Å². The van der Waals surface area contributed by atoms with E-state index in [1.165, 1.54) is 0 Å². The zero-order chi connectivity index (χ0) is 22.2. The Kier molecular flexibility index (Phi) is 5.88. The van der Waals surface area contributed by atoms with E-state index in [4.69, 9.17) is 19.9 Å². The number of benzene rings is 2. The van der Waals surface area contributed by atoms with E-state index in [9.17, 15) is 13.2 Å². The van der Waals surface area contributed by atoms with Crippen LogP contribution >= 0.6 is 0 Å². The Morgan fingerprint density at radius 3 is 2.39 bits per heavy atom. The average molecular weight is 444 g/mol. The minimum Gasteiger partial charge on any atom is -0.468 e. The molecule has 0 spiro atoms. The zero-order valence-corrected chi connectivity index (χ0v) is 18.2. The molecule has 2 heterocycles. The molecular weight excluding hydrogens is 418 g/mol. The van der Waals surface area contributed by atoms with Crippen LogP contribution in [0.25, 0.3) is 0 Å². The zero-order valence-electron chi connectivity index (χ0n) is 17.4. The fourth-order valence-corrected chi connectivity index (χ4v) is 6.23. The highest BCUT2D eigenvalue weighted by molar-refractivity contribution is 7.92. The Hall–Kier alpha value is -2.68. The Labute approximate surface area is 181 Å². The number of hydrogen-bond acceptors (Lipinski definition) is 6. The molecule has 0 saturated carbocycles. The van der Waals surface area contributed by atoms with E-state index in [-0.39, 0.29) is 17.1 Å². The average Bonchev–Trinajstić information content (AvgIpc) is 3.22. The molecule has 0 radical (unpaired) electrons. The third kappa shape index (κ3) is 4.11. The summed E-state index contributed by atoms with van der Waals surface area (Å²) in [4.78, 5) is 12.3. The second-order valence-electron chi connectivity index (χ2n) is 7.84. The fraction of sp³-hybridized carbons (Fsp3) is 0.348. The summed E-state index contributed by atoms with van der Waals surface area (Å²) >= 11 is 0. The van der Waals surface area contributed by atoms with Crippen LogP contribution in [0.15, 0.2) is 70.8 Å². The van der Waals surface area contributed by atoms with Crippen molar-refractivity contribution in [3.63, 3.8) is 0 Å². The van der Waals surface area contributed by atoms with Crippen molar-refractivity contribution >= 4 is 15.7 Å². The molecule has 0 aromatic heterocycles. The van der Waals surface area contributed by atoms with Crippen LogP contribution in [0.1, 0.15) is 18.1 Å². The predicted molar refractivity (Wildman–Crippen MR) is 113 cm³/mol. The molecule has 4 rings (SSSR count). The second-order valence-corrected chi connectivity index (χ2v) is 9.95. The molecule has 31 heavy (non-hydrogen) atoms. The second kappa shape index (κ2) is 8.45. The van der Waals surface area contributed by atoms with Gasteiger partial charge < -0.3 is 19.9 Å². The van der Waals surface area contributed by atoms with Crippen molar-refractivity contribution in [3.05, 3.63) is 77.1 Å². The van der Waals surface area contributed by atoms with Crippen molar-refractivity contribution in [3.8, 4) is 0 Å². The summed E-state index contributed by atoms with van der Waals surface area (Å²) in [5.41, 5.74) is 7.64. The van der Waals surface area contributed by atoms with Crippen molar-refractivity contribution in [1.29, 1.82) is 0 Å². The highest BCUT2D eigenvalue weighted by atomic mass is 32.2. The maximum absolute atomic E-state index is 13.6. The summed E-state index contributed by atoms with van der Waals surface area (Å²) in [6.45, 7) is 3.82. The first-order chi connectivity index (χ1) is 14.8. The van der Waals surface area contributed by atoms with Gasteiger partial charge in [-0.1, -0.05) is 48.0 Å². The van der Waals surface area contributed by atoms with Crippen molar-refractivity contribution in [2.75, 3.05) is 6.61 Å². The van der Waals surface area contributed by atoms with Gasteiger partial charge in [0.1, 0.15) is 17.1 Å². The molecule has 2 aliphatic rings. The minimum absolute atomic E-state index is 0.0338. The number of carbonyl (C=O) groups excluding carboxylic acids is 1. The molecule has 0 aliphatic carbocycles. The number of ether oxygens (including phenoxy) is 3. The summed E-state index contributed by atoms with van der Waals surface area (Å²) in [5, 5.41) is -1.06. The maximum atomic E-state index is 13.6. The van der Waals surface area contributed by atoms with E-state index in [1.54, 1.807) is 31.2 Å². The molecule has 164 valence electrons. The number of hydrogen-bond donors (Lipinski definition) is 1. The van der Waals surface area contributed by atoms with Gasteiger partial charge in [-0.15, -0.1) is 0 Å². The first kappa shape index (κ1) is 21.5. The van der Waals surface area contributed by atoms with Gasteiger partial charge in [0, 0.05) is 0 Å². The van der Waals surface area contributed by atoms with Gasteiger partial charge in [0.2, 0.25) is 12.2 Å². The van der Waals surface area contributed by atoms with Crippen molar-refractivity contribution in [2.45, 2.75) is 43.0 Å². The van der Waals surface area contributed by atoms with Crippen LogP contribution in [-0.4, -0.2) is 38.6 Å². The van der Waals surface area contributed by atoms with Crippen LogP contribution in [0.2, 0.25) is 0 Å². The van der Waals surface area contributed by atoms with Crippen LogP contribution in [0.5, 0.6) is 0 Å². The first-order valence-electron chi connectivity index (χ1n) is 10.0. The van der Waals surface area contributed by atoms with Crippen molar-refractivity contribution in [1.82, 2.24) is 0 Å². The molecule has 8 heteroatoms. The van der Waals surface area contributed by atoms with Crippen LogP contribution in [-0.2, 0) is 35.4 Å². The third-order valence-corrected chi connectivity index (χ3v) is 7.94. The molecule has 4 atom stereocenters. The van der Waals surface area contributed by atoms with E-state index in [1.807, 2.05) is 37.3 Å². The number of amides is 1. The van der Waals surface area contributed by atoms with Gasteiger partial charge in [0.15, 0.2) is 9.84 Å². The first-order valence-corrected chi connectivity index (χ1v) is 11.6. The molecule has 2 aromatic rings. The van der Waals surface area contributed by atoms with Crippen LogP contribution < -0.4 is 5.73 Å². The molecule has 1 saturated heterocycles. The van der Waals surface area contributed by atoms with E-state index in [2.05, 4.69) is 0 Å². The number of carbonyl (C=O) groups is 1. The number of primary amides is 1. The van der Waals surface area contributed by atoms with Crippen molar-refractivity contribution < 1.29 is 27.4 Å². The summed E-state index contributed by atoms with van der Waals surface area (Å²) < 4.78 is 44.7. The van der Waals surface area contributed by atoms with Gasteiger partial charge >= 0.3 is 0 Å². The number of fused-ring (bicyclic) bond motifs is 1. The number of aryl methyl sites for hydroxylation is 1. The molecule has 1 amide bonds. The minimum atomic E-state index is -3.87. The largest absolute Gasteiger partial charge is 0.468 e. The number of allylic oxidation sites excluding steroid dienone is 1. The lowest BCUT2D eigenvalue weighted by Crippen LogP contribution is -2.40. The predicted octanol–water partition coefficient (Wildman–Crippen LogP) is 2.48. The molecule has 0 bridgehead atoms. The summed E-state index contributed by atoms with van der Waals surface area (Å²) in [7, 11) is -3.87. The Balaban J connectivity index is 1.64. The van der Waals surface area contributed by atoms with Gasteiger partial charge in [-0.2, -0.15) is 0 Å². The molecule has 2 aromatic carbocycles. The molecule has 0 unspecified atom stereocenters. The van der Waals surface area contributed by atoms with Gasteiger partial charge in [-0.05, 0) is 31.5 Å². The Bertz CT molecular complexity index is 1090. The topological polar surface area (TPSA) is 105 Å². The molecular formula is C23H25NO6S.